The van der Waals surface area contributed by atoms with Crippen LogP contribution in [0.2, 0.25) is 0 Å². The van der Waals surface area contributed by atoms with E-state index in [1.165, 1.54) is 7.11 Å². The van der Waals surface area contributed by atoms with Crippen molar-refractivity contribution in [1.82, 2.24) is 0 Å². The summed E-state index contributed by atoms with van der Waals surface area (Å²) in [4.78, 5) is 8.43. The van der Waals surface area contributed by atoms with E-state index in [1.807, 2.05) is 0 Å². The zero-order valence-electron chi connectivity index (χ0n) is 5.13. The van der Waals surface area contributed by atoms with Gasteiger partial charge in [0.25, 0.3) is 5.31 Å². The van der Waals surface area contributed by atoms with E-state index in [-0.39, 0.29) is 11.9 Å². The lowest BCUT2D eigenvalue weighted by Crippen LogP contribution is -1.87. The molecule has 0 bridgehead atoms. The Morgan fingerprint density at radius 1 is 2.00 bits per heavy atom. The quantitative estimate of drug-likeness (QED) is 0.479. The Kier molecular flexibility index (Phi) is 4.20. The third-order valence-corrected chi connectivity index (χ3v) is 1.47. The Bertz CT molecular complexity index is 158. The lowest BCUT2D eigenvalue weighted by Gasteiger charge is -1.84. The largest absolute Gasteiger partial charge is 0.552 e. The van der Waals surface area contributed by atoms with E-state index in [1.54, 1.807) is 0 Å². The van der Waals surface area contributed by atoms with Crippen LogP contribution in [0.3, 0.4) is 0 Å². The van der Waals surface area contributed by atoms with E-state index in [2.05, 4.69) is 17.0 Å². The predicted molar refractivity (Wildman–Crippen MR) is 34.4 cm³/mol. The molecule has 0 aromatic carbocycles. The Morgan fingerprint density at radius 2 is 2.56 bits per heavy atom. The highest BCUT2D eigenvalue weighted by molar-refractivity contribution is 7.43. The molecule has 0 aromatic heterocycles. The highest BCUT2D eigenvalue weighted by Gasteiger charge is 2.18. The molecule has 3 nitrogen and oxygen atoms in total. The van der Waals surface area contributed by atoms with Crippen molar-refractivity contribution in [1.29, 1.82) is 0 Å². The lowest BCUT2D eigenvalue weighted by molar-refractivity contribution is 0.230. The summed E-state index contributed by atoms with van der Waals surface area (Å²) in [6.07, 6.45) is 0. The first-order chi connectivity index (χ1) is 4.22. The monoisotopic (exact) mass is 147 g/mol. The minimum atomic E-state index is -2.30. The highest BCUT2D eigenvalue weighted by Crippen LogP contribution is 2.24. The van der Waals surface area contributed by atoms with E-state index < -0.39 is 8.03 Å². The van der Waals surface area contributed by atoms with Crippen molar-refractivity contribution < 1.29 is 14.2 Å². The van der Waals surface area contributed by atoms with Crippen LogP contribution in [0.15, 0.2) is 17.6 Å². The van der Waals surface area contributed by atoms with Crippen molar-refractivity contribution in [2.75, 3.05) is 13.7 Å². The van der Waals surface area contributed by atoms with Crippen molar-refractivity contribution in [2.24, 2.45) is 0 Å². The van der Waals surface area contributed by atoms with Crippen molar-refractivity contribution in [3.63, 3.8) is 0 Å². The van der Waals surface area contributed by atoms with Crippen LogP contribution in [0.25, 0.3) is 0 Å². The number of methoxy groups -OCH3 is 1. The second kappa shape index (κ2) is 4.42. The molecule has 0 heterocycles. The van der Waals surface area contributed by atoms with Gasteiger partial charge in [0.2, 0.25) is 0 Å². The van der Waals surface area contributed by atoms with E-state index >= 15 is 0 Å². The van der Waals surface area contributed by atoms with Gasteiger partial charge in [0, 0.05) is 7.11 Å². The molecule has 0 saturated carbocycles. The maximum Gasteiger partial charge on any atom is 0.552 e. The maximum atomic E-state index is 10.2. The highest BCUT2D eigenvalue weighted by atomic mass is 31.1. The SMILES string of the molecule is C=C=C(COC)[P+](=O)O. The van der Waals surface area contributed by atoms with Gasteiger partial charge in [-0.15, -0.1) is 0 Å². The Labute approximate surface area is 54.5 Å². The Balaban J connectivity index is 4.02. The third kappa shape index (κ3) is 3.17. The summed E-state index contributed by atoms with van der Waals surface area (Å²) in [5, 5.41) is 0.201. The van der Waals surface area contributed by atoms with Crippen LogP contribution in [-0.2, 0) is 9.30 Å². The summed E-state index contributed by atoms with van der Waals surface area (Å²) < 4.78 is 14.8. The van der Waals surface area contributed by atoms with Gasteiger partial charge in [-0.25, -0.2) is 0 Å². The number of rotatable bonds is 3. The van der Waals surface area contributed by atoms with Crippen LogP contribution >= 0.6 is 8.03 Å². The van der Waals surface area contributed by atoms with Crippen molar-refractivity contribution in [3.8, 4) is 0 Å². The fraction of sp³-hybridized carbons (Fsp3) is 0.400. The normalized spacial score (nSPS) is 10.2. The summed E-state index contributed by atoms with van der Waals surface area (Å²) in [6.45, 7) is 3.34. The van der Waals surface area contributed by atoms with Gasteiger partial charge in [0.05, 0.1) is 0 Å². The molecule has 50 valence electrons. The summed E-state index contributed by atoms with van der Waals surface area (Å²) >= 11 is 0. The van der Waals surface area contributed by atoms with Crippen molar-refractivity contribution in [3.05, 3.63) is 17.6 Å². The molecule has 0 fully saturated rings. The number of ether oxygens (including phenoxy) is 1. The number of hydrogen-bond acceptors (Lipinski definition) is 2. The molecule has 0 saturated heterocycles. The third-order valence-electron chi connectivity index (χ3n) is 0.716. The molecule has 1 unspecified atom stereocenters. The van der Waals surface area contributed by atoms with Gasteiger partial charge in [-0.1, -0.05) is 12.3 Å². The molecule has 0 aliphatic heterocycles. The first-order valence-electron chi connectivity index (χ1n) is 2.26. The molecule has 9 heavy (non-hydrogen) atoms. The molecule has 0 rings (SSSR count). The average molecular weight is 147 g/mol. The summed E-state index contributed by atoms with van der Waals surface area (Å²) in [7, 11) is -0.861. The summed E-state index contributed by atoms with van der Waals surface area (Å²) in [6, 6.07) is 0. The topological polar surface area (TPSA) is 46.5 Å². The van der Waals surface area contributed by atoms with E-state index in [9.17, 15) is 4.57 Å². The van der Waals surface area contributed by atoms with Gasteiger partial charge in [0.1, 0.15) is 6.61 Å². The molecule has 0 spiro atoms. The van der Waals surface area contributed by atoms with Crippen LogP contribution < -0.4 is 0 Å². The molecule has 1 N–H and O–H groups in total. The van der Waals surface area contributed by atoms with Gasteiger partial charge in [-0.2, -0.15) is 4.89 Å². The van der Waals surface area contributed by atoms with Crippen LogP contribution in [0.4, 0.5) is 0 Å². The molecule has 0 aromatic rings. The Hall–Kier alpha value is -0.460. The van der Waals surface area contributed by atoms with Crippen molar-refractivity contribution >= 4 is 8.03 Å². The van der Waals surface area contributed by atoms with Gasteiger partial charge in [0.15, 0.2) is 0 Å². The van der Waals surface area contributed by atoms with Crippen LogP contribution in [0.1, 0.15) is 0 Å². The Morgan fingerprint density at radius 3 is 2.67 bits per heavy atom. The first kappa shape index (κ1) is 8.54. The second-order valence-electron chi connectivity index (χ2n) is 1.33. The molecule has 0 aliphatic rings. The van der Waals surface area contributed by atoms with Gasteiger partial charge < -0.3 is 4.74 Å². The van der Waals surface area contributed by atoms with E-state index in [4.69, 9.17) is 4.89 Å². The lowest BCUT2D eigenvalue weighted by atomic mass is 10.6. The predicted octanol–water partition coefficient (Wildman–Crippen LogP) is 1.04. The minimum Gasteiger partial charge on any atom is -0.375 e. The maximum absolute atomic E-state index is 10.2. The second-order valence-corrected chi connectivity index (χ2v) is 2.42. The number of hydrogen-bond donors (Lipinski definition) is 1. The zero-order valence-corrected chi connectivity index (χ0v) is 6.02. The van der Waals surface area contributed by atoms with E-state index in [0.717, 1.165) is 0 Å². The van der Waals surface area contributed by atoms with Gasteiger partial charge in [-0.3, -0.25) is 0 Å². The van der Waals surface area contributed by atoms with Crippen molar-refractivity contribution in [2.45, 2.75) is 0 Å². The minimum absolute atomic E-state index is 0.120. The van der Waals surface area contributed by atoms with Crippen LogP contribution in [-0.4, -0.2) is 18.6 Å². The molecule has 0 aliphatic carbocycles. The van der Waals surface area contributed by atoms with E-state index in [0.29, 0.717) is 0 Å². The summed E-state index contributed by atoms with van der Waals surface area (Å²) in [5.74, 6) is 0. The van der Waals surface area contributed by atoms with Crippen LogP contribution in [0, 0.1) is 0 Å². The molecule has 0 amide bonds. The molecule has 1 atom stereocenters. The zero-order chi connectivity index (χ0) is 7.28. The average Bonchev–Trinajstić information content (AvgIpc) is 1.82. The fourth-order valence-electron chi connectivity index (χ4n) is 0.311. The van der Waals surface area contributed by atoms with Crippen LogP contribution in [0.5, 0.6) is 0 Å². The molecule has 0 radical (unpaired) electrons. The molecule has 4 heteroatoms. The smallest absolute Gasteiger partial charge is 0.375 e. The molecular formula is C5H8O3P+. The molecular weight excluding hydrogens is 139 g/mol. The standard InChI is InChI=1S/C5H7O3P/c1-3-5(4-8-2)9(6)7/h1,4H2,2H3/p+1. The summed E-state index contributed by atoms with van der Waals surface area (Å²) in [5.41, 5.74) is 2.31. The van der Waals surface area contributed by atoms with Gasteiger partial charge >= 0.3 is 8.03 Å². The van der Waals surface area contributed by atoms with Gasteiger partial charge in [-0.05, 0) is 4.57 Å². The fourth-order valence-corrected chi connectivity index (χ4v) is 0.685. The first-order valence-corrected chi connectivity index (χ1v) is 3.47.